The highest BCUT2D eigenvalue weighted by molar-refractivity contribution is 7.99. The van der Waals surface area contributed by atoms with Crippen molar-refractivity contribution in [3.63, 3.8) is 0 Å². The van der Waals surface area contributed by atoms with Crippen LogP contribution in [-0.2, 0) is 10.0 Å². The Morgan fingerprint density at radius 2 is 1.68 bits per heavy atom. The van der Waals surface area contributed by atoms with E-state index in [2.05, 4.69) is 4.72 Å². The molecule has 10 heteroatoms. The monoisotopic (exact) mass is 391 g/mol. The molecule has 2 N–H and O–H groups in total. The third-order valence-electron chi connectivity index (χ3n) is 2.93. The number of anilines is 1. The Hall–Kier alpha value is -2.20. The summed E-state index contributed by atoms with van der Waals surface area (Å²) in [6, 6.07) is 10.2. The molecule has 0 spiro atoms. The molecule has 0 aromatic heterocycles. The van der Waals surface area contributed by atoms with Crippen LogP contribution in [0.2, 0.25) is 0 Å². The number of carbonyl (C=O) groups is 1. The number of para-hydroxylation sites is 1. The van der Waals surface area contributed by atoms with Gasteiger partial charge in [0.2, 0.25) is 0 Å². The predicted molar refractivity (Wildman–Crippen MR) is 87.4 cm³/mol. The van der Waals surface area contributed by atoms with Crippen LogP contribution in [0.3, 0.4) is 0 Å². The van der Waals surface area contributed by atoms with E-state index in [0.717, 1.165) is 24.3 Å². The molecule has 25 heavy (non-hydrogen) atoms. The number of carboxylic acids is 1. The smallest absolute Gasteiger partial charge is 0.398 e. The van der Waals surface area contributed by atoms with Crippen molar-refractivity contribution in [3.8, 4) is 0 Å². The Morgan fingerprint density at radius 3 is 2.24 bits per heavy atom. The minimum atomic E-state index is -4.39. The van der Waals surface area contributed by atoms with E-state index in [1.165, 1.54) is 24.3 Å². The first-order chi connectivity index (χ1) is 11.6. The summed E-state index contributed by atoms with van der Waals surface area (Å²) in [5, 5.41) is 8.82. The number of hydrogen-bond acceptors (Lipinski definition) is 4. The van der Waals surface area contributed by atoms with Crippen LogP contribution < -0.4 is 4.72 Å². The summed E-state index contributed by atoms with van der Waals surface area (Å²) in [4.78, 5) is 10.7. The minimum absolute atomic E-state index is 0.0130. The number of thioether (sulfide) groups is 1. The molecule has 0 saturated carbocycles. The normalized spacial score (nSPS) is 12.0. The Balaban J connectivity index is 2.24. The van der Waals surface area contributed by atoms with E-state index < -0.39 is 27.9 Å². The first-order valence-corrected chi connectivity index (χ1v) is 9.20. The maximum absolute atomic E-state index is 12.4. The van der Waals surface area contributed by atoms with Gasteiger partial charge in [0.05, 0.1) is 21.9 Å². The third kappa shape index (κ3) is 5.40. The number of sulfonamides is 1. The zero-order valence-corrected chi connectivity index (χ0v) is 14.1. The van der Waals surface area contributed by atoms with E-state index in [1.54, 1.807) is 0 Å². The SMILES string of the molecule is O=C(O)c1ccc(S(=O)(=O)Nc2ccccc2SCC(F)(F)F)cc1. The van der Waals surface area contributed by atoms with Crippen molar-refractivity contribution >= 4 is 33.4 Å². The van der Waals surface area contributed by atoms with Crippen molar-refractivity contribution in [1.29, 1.82) is 0 Å². The number of aromatic carboxylic acids is 1. The van der Waals surface area contributed by atoms with Crippen LogP contribution in [0.1, 0.15) is 10.4 Å². The van der Waals surface area contributed by atoms with Gasteiger partial charge in [0.25, 0.3) is 10.0 Å². The van der Waals surface area contributed by atoms with Crippen molar-refractivity contribution in [1.82, 2.24) is 0 Å². The van der Waals surface area contributed by atoms with Gasteiger partial charge in [0.1, 0.15) is 0 Å². The fourth-order valence-electron chi connectivity index (χ4n) is 1.82. The first kappa shape index (κ1) is 19.1. The molecule has 0 aliphatic rings. The minimum Gasteiger partial charge on any atom is -0.478 e. The standard InChI is InChI=1S/C15H12F3NO4S2/c16-15(17,18)9-24-13-4-2-1-3-12(13)19-25(22,23)11-7-5-10(6-8-11)14(20)21/h1-8,19H,9H2,(H,20,21). The van der Waals surface area contributed by atoms with Gasteiger partial charge >= 0.3 is 12.1 Å². The topological polar surface area (TPSA) is 83.5 Å². The van der Waals surface area contributed by atoms with Crippen molar-refractivity contribution < 1.29 is 31.5 Å². The number of carboxylic acid groups (broad SMARTS) is 1. The third-order valence-corrected chi connectivity index (χ3v) is 5.45. The van der Waals surface area contributed by atoms with Crippen molar-refractivity contribution in [3.05, 3.63) is 54.1 Å². The second kappa shape index (κ2) is 7.36. The number of hydrogen-bond donors (Lipinski definition) is 2. The van der Waals surface area contributed by atoms with Crippen molar-refractivity contribution in [2.24, 2.45) is 0 Å². The number of benzene rings is 2. The van der Waals surface area contributed by atoms with E-state index in [0.29, 0.717) is 11.8 Å². The molecule has 0 amide bonds. The van der Waals surface area contributed by atoms with Crippen LogP contribution in [-0.4, -0.2) is 31.4 Å². The second-order valence-corrected chi connectivity index (χ2v) is 7.53. The van der Waals surface area contributed by atoms with Crippen molar-refractivity contribution in [2.75, 3.05) is 10.5 Å². The Bertz CT molecular complexity index is 865. The molecule has 5 nitrogen and oxygen atoms in total. The zero-order valence-electron chi connectivity index (χ0n) is 12.4. The number of rotatable bonds is 6. The van der Waals surface area contributed by atoms with Gasteiger partial charge in [-0.25, -0.2) is 13.2 Å². The maximum Gasteiger partial charge on any atom is 0.398 e. The van der Waals surface area contributed by atoms with Gasteiger partial charge in [-0.2, -0.15) is 13.2 Å². The Morgan fingerprint density at radius 1 is 1.08 bits per heavy atom. The van der Waals surface area contributed by atoms with Gasteiger partial charge in [0.15, 0.2) is 0 Å². The Labute approximate surface area is 145 Å². The molecular weight excluding hydrogens is 379 g/mol. The lowest BCUT2D eigenvalue weighted by Crippen LogP contribution is -2.14. The molecule has 0 fully saturated rings. The zero-order chi connectivity index (χ0) is 18.7. The van der Waals surface area contributed by atoms with Gasteiger partial charge in [-0.05, 0) is 36.4 Å². The lowest BCUT2D eigenvalue weighted by molar-refractivity contribution is -0.105. The number of nitrogens with one attached hydrogen (secondary N) is 1. The van der Waals surface area contributed by atoms with Gasteiger partial charge in [0, 0.05) is 4.90 Å². The van der Waals surface area contributed by atoms with Gasteiger partial charge in [-0.15, -0.1) is 11.8 Å². The number of halogens is 3. The maximum atomic E-state index is 12.4. The summed E-state index contributed by atoms with van der Waals surface area (Å²) in [6.45, 7) is 0. The second-order valence-electron chi connectivity index (χ2n) is 4.84. The summed E-state index contributed by atoms with van der Waals surface area (Å²) in [7, 11) is -4.07. The average molecular weight is 391 g/mol. The number of alkyl halides is 3. The largest absolute Gasteiger partial charge is 0.478 e. The highest BCUT2D eigenvalue weighted by Crippen LogP contribution is 2.33. The average Bonchev–Trinajstić information content (AvgIpc) is 2.53. The summed E-state index contributed by atoms with van der Waals surface area (Å²) < 4.78 is 64.0. The first-order valence-electron chi connectivity index (χ1n) is 6.73. The Kier molecular flexibility index (Phi) is 5.63. The summed E-state index contributed by atoms with van der Waals surface area (Å²) >= 11 is 0.467. The molecule has 0 radical (unpaired) electrons. The highest BCUT2D eigenvalue weighted by Gasteiger charge is 2.28. The molecule has 2 aromatic carbocycles. The molecule has 134 valence electrons. The fraction of sp³-hybridized carbons (Fsp3) is 0.133. The van der Waals surface area contributed by atoms with E-state index in [9.17, 15) is 26.4 Å². The van der Waals surface area contributed by atoms with E-state index in [4.69, 9.17) is 5.11 Å². The summed E-state index contributed by atoms with van der Waals surface area (Å²) in [6.07, 6.45) is -4.39. The van der Waals surface area contributed by atoms with E-state index >= 15 is 0 Å². The molecule has 2 rings (SSSR count). The van der Waals surface area contributed by atoms with Gasteiger partial charge in [-0.3, -0.25) is 4.72 Å². The van der Waals surface area contributed by atoms with E-state index in [-0.39, 0.29) is 21.0 Å². The lowest BCUT2D eigenvalue weighted by atomic mass is 10.2. The summed E-state index contributed by atoms with van der Waals surface area (Å²) in [5.41, 5.74) is -0.0702. The van der Waals surface area contributed by atoms with Crippen LogP contribution in [0.15, 0.2) is 58.3 Å². The van der Waals surface area contributed by atoms with Crippen LogP contribution in [0.25, 0.3) is 0 Å². The predicted octanol–water partition coefficient (Wildman–Crippen LogP) is 3.84. The molecule has 0 unspecified atom stereocenters. The van der Waals surface area contributed by atoms with Gasteiger partial charge in [-0.1, -0.05) is 12.1 Å². The van der Waals surface area contributed by atoms with Crippen molar-refractivity contribution in [2.45, 2.75) is 16.0 Å². The van der Waals surface area contributed by atoms with Crippen LogP contribution in [0, 0.1) is 0 Å². The quantitative estimate of drug-likeness (QED) is 0.731. The fourth-order valence-corrected chi connectivity index (χ4v) is 3.73. The van der Waals surface area contributed by atoms with Crippen LogP contribution >= 0.6 is 11.8 Å². The molecule has 0 heterocycles. The summed E-state index contributed by atoms with van der Waals surface area (Å²) in [5.74, 6) is -2.36. The lowest BCUT2D eigenvalue weighted by Gasteiger charge is -2.13. The molecule has 0 bridgehead atoms. The molecule has 0 saturated heterocycles. The molecule has 0 atom stereocenters. The van der Waals surface area contributed by atoms with Crippen LogP contribution in [0.4, 0.5) is 18.9 Å². The molecule has 0 aliphatic heterocycles. The molecular formula is C15H12F3NO4S2. The molecule has 0 aliphatic carbocycles. The highest BCUT2D eigenvalue weighted by atomic mass is 32.2. The molecule has 2 aromatic rings. The van der Waals surface area contributed by atoms with E-state index in [1.807, 2.05) is 0 Å². The van der Waals surface area contributed by atoms with Crippen LogP contribution in [0.5, 0.6) is 0 Å². The van der Waals surface area contributed by atoms with Gasteiger partial charge < -0.3 is 5.11 Å².